The van der Waals surface area contributed by atoms with Crippen LogP contribution in [0.25, 0.3) is 11.0 Å². The van der Waals surface area contributed by atoms with Crippen LogP contribution in [-0.2, 0) is 21.2 Å². The summed E-state index contributed by atoms with van der Waals surface area (Å²) in [6.07, 6.45) is 0.432. The van der Waals surface area contributed by atoms with Crippen molar-refractivity contribution in [1.29, 1.82) is 0 Å². The molecule has 0 amide bonds. The maximum Gasteiger partial charge on any atom is 0.340 e. The van der Waals surface area contributed by atoms with E-state index in [0.717, 1.165) is 16.7 Å². The molecular weight excluding hydrogens is 526 g/mol. The fourth-order valence-corrected chi connectivity index (χ4v) is 5.63. The van der Waals surface area contributed by atoms with Crippen molar-refractivity contribution >= 4 is 27.0 Å². The Kier molecular flexibility index (Phi) is 7.64. The Bertz CT molecular complexity index is 1830. The van der Waals surface area contributed by atoms with Crippen LogP contribution in [0.1, 0.15) is 33.9 Å². The lowest BCUT2D eigenvalue weighted by atomic mass is 10.00. The zero-order valence-electron chi connectivity index (χ0n) is 22.0. The predicted molar refractivity (Wildman–Crippen MR) is 153 cm³/mol. The normalized spacial score (nSPS) is 12.2. The van der Waals surface area contributed by atoms with Gasteiger partial charge in [0.25, 0.3) is 0 Å². The van der Waals surface area contributed by atoms with Crippen molar-refractivity contribution in [1.82, 2.24) is 4.72 Å². The molecule has 0 saturated heterocycles. The number of benzene rings is 4. The first-order valence-electron chi connectivity index (χ1n) is 12.7. The zero-order chi connectivity index (χ0) is 28.3. The van der Waals surface area contributed by atoms with E-state index in [1.165, 1.54) is 18.2 Å². The molecule has 8 heteroatoms. The highest BCUT2D eigenvalue weighted by atomic mass is 32.2. The van der Waals surface area contributed by atoms with Crippen molar-refractivity contribution in [3.63, 3.8) is 0 Å². The molecule has 4 aromatic carbocycles. The van der Waals surface area contributed by atoms with E-state index in [9.17, 15) is 18.0 Å². The van der Waals surface area contributed by atoms with Crippen LogP contribution in [-0.4, -0.2) is 14.4 Å². The molecule has 1 aromatic heterocycles. The number of hydrogen-bond donors (Lipinski definition) is 1. The minimum Gasteiger partial charge on any atom is -0.425 e. The molecule has 0 aliphatic heterocycles. The first kappa shape index (κ1) is 27.1. The van der Waals surface area contributed by atoms with E-state index in [1.54, 1.807) is 54.6 Å². The molecule has 0 aliphatic rings. The van der Waals surface area contributed by atoms with Gasteiger partial charge < -0.3 is 9.15 Å². The highest BCUT2D eigenvalue weighted by molar-refractivity contribution is 7.89. The molecule has 0 radical (unpaired) electrons. The number of carbonyl (C=O) groups is 1. The third kappa shape index (κ3) is 5.88. The fourth-order valence-electron chi connectivity index (χ4n) is 4.46. The smallest absolute Gasteiger partial charge is 0.340 e. The van der Waals surface area contributed by atoms with E-state index >= 15 is 0 Å². The monoisotopic (exact) mass is 553 g/mol. The lowest BCUT2D eigenvalue weighted by Gasteiger charge is -2.18. The van der Waals surface area contributed by atoms with E-state index in [-0.39, 0.29) is 16.2 Å². The molecule has 5 rings (SSSR count). The van der Waals surface area contributed by atoms with Crippen molar-refractivity contribution in [2.24, 2.45) is 0 Å². The summed E-state index contributed by atoms with van der Waals surface area (Å²) in [7, 11) is -4.05. The van der Waals surface area contributed by atoms with Crippen LogP contribution >= 0.6 is 0 Å². The van der Waals surface area contributed by atoms with E-state index in [4.69, 9.17) is 9.15 Å². The molecule has 0 unspecified atom stereocenters. The second kappa shape index (κ2) is 11.3. The van der Waals surface area contributed by atoms with Crippen LogP contribution in [0.3, 0.4) is 0 Å². The van der Waals surface area contributed by atoms with Crippen LogP contribution in [0.15, 0.2) is 117 Å². The van der Waals surface area contributed by atoms with Gasteiger partial charge in [0.1, 0.15) is 17.4 Å². The molecule has 0 spiro atoms. The lowest BCUT2D eigenvalue weighted by molar-refractivity contribution is -0.136. The van der Waals surface area contributed by atoms with Gasteiger partial charge in [-0.3, -0.25) is 0 Å². The summed E-state index contributed by atoms with van der Waals surface area (Å²) in [4.78, 5) is 26.2. The summed E-state index contributed by atoms with van der Waals surface area (Å²) in [5.41, 5.74) is 3.44. The number of aryl methyl sites for hydroxylation is 2. The summed E-state index contributed by atoms with van der Waals surface area (Å²) in [6, 6.07) is 27.9. The quantitative estimate of drug-likeness (QED) is 0.152. The van der Waals surface area contributed by atoms with Gasteiger partial charge in [0.2, 0.25) is 10.0 Å². The van der Waals surface area contributed by atoms with Gasteiger partial charge in [-0.25, -0.2) is 18.0 Å². The van der Waals surface area contributed by atoms with Crippen molar-refractivity contribution in [3.05, 3.63) is 141 Å². The maximum absolute atomic E-state index is 13.4. The average molecular weight is 554 g/mol. The maximum atomic E-state index is 13.4. The first-order valence-corrected chi connectivity index (χ1v) is 14.2. The Labute approximate surface area is 232 Å². The molecule has 0 bridgehead atoms. The summed E-state index contributed by atoms with van der Waals surface area (Å²) < 4.78 is 40.0. The van der Waals surface area contributed by atoms with Crippen LogP contribution < -0.4 is 15.1 Å². The minimum atomic E-state index is -4.05. The summed E-state index contributed by atoms with van der Waals surface area (Å²) in [5.74, 6) is -0.715. The van der Waals surface area contributed by atoms with Gasteiger partial charge in [-0.2, -0.15) is 4.72 Å². The average Bonchev–Trinajstić information content (AvgIpc) is 2.95. The molecule has 40 heavy (non-hydrogen) atoms. The second-order valence-corrected chi connectivity index (χ2v) is 11.2. The molecule has 202 valence electrons. The topological polar surface area (TPSA) is 103 Å². The van der Waals surface area contributed by atoms with E-state index < -0.39 is 27.7 Å². The highest BCUT2D eigenvalue weighted by Gasteiger charge is 2.29. The van der Waals surface area contributed by atoms with Crippen molar-refractivity contribution in [2.45, 2.75) is 31.2 Å². The third-order valence-electron chi connectivity index (χ3n) is 6.67. The Balaban J connectivity index is 1.44. The van der Waals surface area contributed by atoms with E-state index in [0.29, 0.717) is 22.9 Å². The molecule has 0 aliphatic carbocycles. The Morgan fingerprint density at radius 1 is 0.875 bits per heavy atom. The first-order chi connectivity index (χ1) is 19.2. The predicted octanol–water partition coefficient (Wildman–Crippen LogP) is 5.63. The number of fused-ring (bicyclic) bond motifs is 1. The number of ether oxygens (including phenoxy) is 1. The van der Waals surface area contributed by atoms with Gasteiger partial charge in [0, 0.05) is 23.4 Å². The van der Waals surface area contributed by atoms with Crippen molar-refractivity contribution in [2.75, 3.05) is 0 Å². The molecule has 0 saturated carbocycles. The summed E-state index contributed by atoms with van der Waals surface area (Å²) in [5, 5.41) is 0.713. The second-order valence-electron chi connectivity index (χ2n) is 9.51. The Morgan fingerprint density at radius 3 is 2.20 bits per heavy atom. The molecule has 1 N–H and O–H groups in total. The number of carbonyl (C=O) groups excluding carboxylic acids is 1. The number of esters is 1. The largest absolute Gasteiger partial charge is 0.425 e. The van der Waals surface area contributed by atoms with Gasteiger partial charge in [-0.05, 0) is 54.8 Å². The third-order valence-corrected chi connectivity index (χ3v) is 8.11. The Hall–Kier alpha value is -4.53. The molecule has 5 aromatic rings. The molecule has 1 heterocycles. The number of sulfonamides is 1. The van der Waals surface area contributed by atoms with Crippen molar-refractivity contribution < 1.29 is 22.4 Å². The highest BCUT2D eigenvalue weighted by Crippen LogP contribution is 2.27. The van der Waals surface area contributed by atoms with Gasteiger partial charge in [0.15, 0.2) is 0 Å². The fraction of sp³-hybridized carbons (Fsp3) is 0.125. The molecular formula is C32H27NO6S. The van der Waals surface area contributed by atoms with E-state index in [1.807, 2.05) is 44.2 Å². The summed E-state index contributed by atoms with van der Waals surface area (Å²) >= 11 is 0. The minimum absolute atomic E-state index is 0.0288. The SMILES string of the molecule is Cc1ccc(S(=O)(=O)N[C@@H](C(=O)Oc2ccc3c(C)c(Cc4ccccc4)c(=O)oc3c2)c2ccccc2)cc1. The van der Waals surface area contributed by atoms with Gasteiger partial charge in [-0.1, -0.05) is 78.4 Å². The number of nitrogens with one attached hydrogen (secondary N) is 1. The van der Waals surface area contributed by atoms with Crippen LogP contribution in [0, 0.1) is 13.8 Å². The van der Waals surface area contributed by atoms with Gasteiger partial charge in [-0.15, -0.1) is 0 Å². The van der Waals surface area contributed by atoms with Crippen LogP contribution in [0.2, 0.25) is 0 Å². The lowest BCUT2D eigenvalue weighted by Crippen LogP contribution is -2.36. The van der Waals surface area contributed by atoms with Gasteiger partial charge >= 0.3 is 11.6 Å². The molecule has 0 fully saturated rings. The van der Waals surface area contributed by atoms with Crippen LogP contribution in [0.4, 0.5) is 0 Å². The zero-order valence-corrected chi connectivity index (χ0v) is 22.8. The van der Waals surface area contributed by atoms with Crippen LogP contribution in [0.5, 0.6) is 5.75 Å². The van der Waals surface area contributed by atoms with Gasteiger partial charge in [0.05, 0.1) is 4.90 Å². The number of hydrogen-bond acceptors (Lipinski definition) is 6. The van der Waals surface area contributed by atoms with E-state index in [2.05, 4.69) is 4.72 Å². The Morgan fingerprint density at radius 2 is 1.52 bits per heavy atom. The molecule has 1 atom stereocenters. The number of rotatable bonds is 8. The van der Waals surface area contributed by atoms with Crippen molar-refractivity contribution in [3.8, 4) is 5.75 Å². The standard InChI is InChI=1S/C32H27NO6S/c1-21-13-16-26(17-14-21)40(36,37)33-30(24-11-7-4-8-12-24)32(35)38-25-15-18-27-22(2)28(31(34)39-29(27)20-25)19-23-9-5-3-6-10-23/h3-18,20,30,33H,19H2,1-2H3/t30-/m1/s1. The molecule has 7 nitrogen and oxygen atoms in total. The summed E-state index contributed by atoms with van der Waals surface area (Å²) in [6.45, 7) is 3.71.